The fourth-order valence-electron chi connectivity index (χ4n) is 2.56. The van der Waals surface area contributed by atoms with Gasteiger partial charge in [0.05, 0.1) is 17.8 Å². The van der Waals surface area contributed by atoms with Crippen LogP contribution in [0.4, 0.5) is 0 Å². The number of carboxylic acid groups (broad SMARTS) is 1. The third-order valence-corrected chi connectivity index (χ3v) is 3.29. The minimum atomic E-state index is -0.963. The number of aromatic carboxylic acids is 1. The molecular weight excluding hydrogens is 220 g/mol. The highest BCUT2D eigenvalue weighted by Gasteiger charge is 2.29. The summed E-state index contributed by atoms with van der Waals surface area (Å²) in [4.78, 5) is 11.1. The molecule has 0 spiro atoms. The van der Waals surface area contributed by atoms with Gasteiger partial charge in [-0.15, -0.1) is 0 Å². The summed E-state index contributed by atoms with van der Waals surface area (Å²) < 4.78 is 0. The van der Waals surface area contributed by atoms with Crippen LogP contribution in [0, 0.1) is 0 Å². The van der Waals surface area contributed by atoms with Crippen LogP contribution in [-0.2, 0) is 0 Å². The molecule has 1 aliphatic rings. The SMILES string of the molecule is O=C(O)c1ccccc1C1CC(O)CC(O)C1. The van der Waals surface area contributed by atoms with Crippen molar-refractivity contribution in [2.24, 2.45) is 0 Å². The average Bonchev–Trinajstić information content (AvgIpc) is 2.27. The zero-order valence-corrected chi connectivity index (χ0v) is 9.41. The first-order valence-electron chi connectivity index (χ1n) is 5.76. The van der Waals surface area contributed by atoms with Crippen LogP contribution in [0.5, 0.6) is 0 Å². The predicted molar refractivity (Wildman–Crippen MR) is 62.0 cm³/mol. The molecule has 0 saturated heterocycles. The molecule has 1 aromatic carbocycles. The maximum atomic E-state index is 11.1. The minimum Gasteiger partial charge on any atom is -0.478 e. The molecule has 2 unspecified atom stereocenters. The van der Waals surface area contributed by atoms with E-state index in [1.807, 2.05) is 0 Å². The van der Waals surface area contributed by atoms with Crippen molar-refractivity contribution in [2.45, 2.75) is 37.4 Å². The summed E-state index contributed by atoms with van der Waals surface area (Å²) in [5.74, 6) is -1.05. The standard InChI is InChI=1S/C13H16O4/c14-9-5-8(6-10(15)7-9)11-3-1-2-4-12(11)13(16)17/h1-4,8-10,14-15H,5-7H2,(H,16,17). The van der Waals surface area contributed by atoms with E-state index in [1.165, 1.54) is 0 Å². The Labute approximate surface area is 99.5 Å². The van der Waals surface area contributed by atoms with Crippen LogP contribution in [-0.4, -0.2) is 33.5 Å². The van der Waals surface area contributed by atoms with Gasteiger partial charge in [0.25, 0.3) is 0 Å². The van der Waals surface area contributed by atoms with Gasteiger partial charge >= 0.3 is 5.97 Å². The van der Waals surface area contributed by atoms with Crippen molar-refractivity contribution >= 4 is 5.97 Å². The van der Waals surface area contributed by atoms with Crippen LogP contribution in [0.25, 0.3) is 0 Å². The largest absolute Gasteiger partial charge is 0.478 e. The van der Waals surface area contributed by atoms with Crippen molar-refractivity contribution in [1.29, 1.82) is 0 Å². The molecule has 1 aromatic rings. The Bertz CT molecular complexity index is 406. The van der Waals surface area contributed by atoms with Crippen LogP contribution in [0.3, 0.4) is 0 Å². The molecule has 4 nitrogen and oxygen atoms in total. The summed E-state index contributed by atoms with van der Waals surface area (Å²) in [6, 6.07) is 6.79. The Morgan fingerprint density at radius 3 is 2.24 bits per heavy atom. The second kappa shape index (κ2) is 4.85. The molecule has 0 heterocycles. The van der Waals surface area contributed by atoms with Gasteiger partial charge in [-0.3, -0.25) is 0 Å². The molecule has 17 heavy (non-hydrogen) atoms. The van der Waals surface area contributed by atoms with Gasteiger partial charge < -0.3 is 15.3 Å². The first-order valence-corrected chi connectivity index (χ1v) is 5.76. The lowest BCUT2D eigenvalue weighted by Gasteiger charge is -2.30. The zero-order valence-electron chi connectivity index (χ0n) is 9.41. The van der Waals surface area contributed by atoms with Crippen LogP contribution in [0.15, 0.2) is 24.3 Å². The smallest absolute Gasteiger partial charge is 0.335 e. The Hall–Kier alpha value is -1.39. The Kier molecular flexibility index (Phi) is 3.45. The molecule has 0 radical (unpaired) electrons. The van der Waals surface area contributed by atoms with Gasteiger partial charge in [-0.1, -0.05) is 18.2 Å². The first kappa shape index (κ1) is 12.1. The highest BCUT2D eigenvalue weighted by atomic mass is 16.4. The second-order valence-corrected chi connectivity index (χ2v) is 4.60. The second-order valence-electron chi connectivity index (χ2n) is 4.60. The third kappa shape index (κ3) is 2.65. The number of aliphatic hydroxyl groups is 2. The summed E-state index contributed by atoms with van der Waals surface area (Å²) in [5.41, 5.74) is 0.969. The summed E-state index contributed by atoms with van der Waals surface area (Å²) >= 11 is 0. The number of hydrogen-bond acceptors (Lipinski definition) is 3. The molecule has 92 valence electrons. The number of benzene rings is 1. The molecule has 2 rings (SSSR count). The van der Waals surface area contributed by atoms with E-state index in [0.29, 0.717) is 24.8 Å². The molecule has 4 heteroatoms. The number of aliphatic hydroxyl groups excluding tert-OH is 2. The molecule has 1 aliphatic carbocycles. The van der Waals surface area contributed by atoms with Crippen molar-refractivity contribution in [2.75, 3.05) is 0 Å². The number of rotatable bonds is 2. The molecule has 1 saturated carbocycles. The van der Waals surface area contributed by atoms with Crippen molar-refractivity contribution in [3.05, 3.63) is 35.4 Å². The molecule has 0 bridgehead atoms. The highest BCUT2D eigenvalue weighted by Crippen LogP contribution is 2.34. The number of hydrogen-bond donors (Lipinski definition) is 3. The maximum Gasteiger partial charge on any atom is 0.335 e. The lowest BCUT2D eigenvalue weighted by atomic mass is 9.79. The van der Waals surface area contributed by atoms with Gasteiger partial charge in [-0.2, -0.15) is 0 Å². The van der Waals surface area contributed by atoms with Gasteiger partial charge in [0.1, 0.15) is 0 Å². The summed E-state index contributed by atoms with van der Waals surface area (Å²) in [6.45, 7) is 0. The van der Waals surface area contributed by atoms with E-state index in [0.717, 1.165) is 0 Å². The van der Waals surface area contributed by atoms with Crippen LogP contribution in [0.2, 0.25) is 0 Å². The highest BCUT2D eigenvalue weighted by molar-refractivity contribution is 5.89. The van der Waals surface area contributed by atoms with Crippen molar-refractivity contribution < 1.29 is 20.1 Å². The van der Waals surface area contributed by atoms with Crippen LogP contribution >= 0.6 is 0 Å². The summed E-state index contributed by atoms with van der Waals surface area (Å²) in [5, 5.41) is 28.4. The molecule has 1 fully saturated rings. The van der Waals surface area contributed by atoms with Gasteiger partial charge in [0, 0.05) is 0 Å². The van der Waals surface area contributed by atoms with E-state index in [9.17, 15) is 15.0 Å². The average molecular weight is 236 g/mol. The first-order chi connectivity index (χ1) is 8.08. The van der Waals surface area contributed by atoms with Crippen LogP contribution < -0.4 is 0 Å². The molecule has 2 atom stereocenters. The van der Waals surface area contributed by atoms with E-state index < -0.39 is 18.2 Å². The summed E-state index contributed by atoms with van der Waals surface area (Å²) in [6.07, 6.45) is 0.310. The number of carboxylic acids is 1. The predicted octanol–water partition coefficient (Wildman–Crippen LogP) is 1.37. The Morgan fingerprint density at radius 1 is 1.06 bits per heavy atom. The van der Waals surface area contributed by atoms with Gasteiger partial charge in [0.2, 0.25) is 0 Å². The third-order valence-electron chi connectivity index (χ3n) is 3.29. The van der Waals surface area contributed by atoms with E-state index in [4.69, 9.17) is 5.11 Å². The molecule has 0 amide bonds. The molecular formula is C13H16O4. The number of carbonyl (C=O) groups is 1. The summed E-state index contributed by atoms with van der Waals surface area (Å²) in [7, 11) is 0. The Balaban J connectivity index is 2.30. The van der Waals surface area contributed by atoms with Crippen molar-refractivity contribution in [3.8, 4) is 0 Å². The normalized spacial score (nSPS) is 28.9. The van der Waals surface area contributed by atoms with Gasteiger partial charge in [-0.05, 0) is 36.8 Å². The van der Waals surface area contributed by atoms with Crippen LogP contribution in [0.1, 0.15) is 41.1 Å². The lowest BCUT2D eigenvalue weighted by molar-refractivity contribution is 0.0301. The molecule has 0 aliphatic heterocycles. The topological polar surface area (TPSA) is 77.8 Å². The quantitative estimate of drug-likeness (QED) is 0.724. The fourth-order valence-corrected chi connectivity index (χ4v) is 2.56. The van der Waals surface area contributed by atoms with E-state index in [1.54, 1.807) is 24.3 Å². The van der Waals surface area contributed by atoms with Gasteiger partial charge in [-0.25, -0.2) is 4.79 Å². The van der Waals surface area contributed by atoms with E-state index >= 15 is 0 Å². The molecule has 3 N–H and O–H groups in total. The van der Waals surface area contributed by atoms with Crippen molar-refractivity contribution in [1.82, 2.24) is 0 Å². The van der Waals surface area contributed by atoms with E-state index in [2.05, 4.69) is 0 Å². The lowest BCUT2D eigenvalue weighted by Crippen LogP contribution is -2.29. The fraction of sp³-hybridized carbons (Fsp3) is 0.462. The molecule has 0 aromatic heterocycles. The minimum absolute atomic E-state index is 0.0824. The van der Waals surface area contributed by atoms with E-state index in [-0.39, 0.29) is 11.5 Å². The Morgan fingerprint density at radius 2 is 1.65 bits per heavy atom. The maximum absolute atomic E-state index is 11.1. The van der Waals surface area contributed by atoms with Gasteiger partial charge in [0.15, 0.2) is 0 Å². The monoisotopic (exact) mass is 236 g/mol. The van der Waals surface area contributed by atoms with Crippen molar-refractivity contribution in [3.63, 3.8) is 0 Å². The zero-order chi connectivity index (χ0) is 12.4.